The Balaban J connectivity index is 0.00000400. The van der Waals surface area contributed by atoms with Gasteiger partial charge in [0.1, 0.15) is 5.82 Å². The van der Waals surface area contributed by atoms with Crippen molar-refractivity contribution in [3.8, 4) is 0 Å². The molecule has 4 N–H and O–H groups in total. The van der Waals surface area contributed by atoms with Crippen LogP contribution in [0.1, 0.15) is 24.2 Å². The Morgan fingerprint density at radius 2 is 1.81 bits per heavy atom. The number of carbonyl (C=O) groups excluding carboxylic acids is 1. The second kappa shape index (κ2) is 10.1. The zero-order valence-electron chi connectivity index (χ0n) is 12.2. The molecule has 1 aromatic rings. The molecule has 0 saturated heterocycles. The van der Waals surface area contributed by atoms with Crippen molar-refractivity contribution in [2.75, 3.05) is 19.6 Å². The number of aliphatic imine (C=N–C) groups is 1. The molecule has 1 rings (SSSR count). The van der Waals surface area contributed by atoms with E-state index in [1.807, 2.05) is 0 Å². The summed E-state index contributed by atoms with van der Waals surface area (Å²) in [5.74, 6) is 0.213. The normalized spacial score (nSPS) is 11.0. The first kappa shape index (κ1) is 19.4. The maximum atomic E-state index is 12.7. The van der Waals surface area contributed by atoms with Gasteiger partial charge in [-0.05, 0) is 30.2 Å². The smallest absolute Gasteiger partial charge is 0.251 e. The Morgan fingerprint density at radius 3 is 2.38 bits per heavy atom. The van der Waals surface area contributed by atoms with Crippen LogP contribution in [0.2, 0.25) is 0 Å². The van der Waals surface area contributed by atoms with Crippen LogP contribution >= 0.6 is 17.0 Å². The Morgan fingerprint density at radius 1 is 1.24 bits per heavy atom. The lowest BCUT2D eigenvalue weighted by molar-refractivity contribution is 0.0954. The summed E-state index contributed by atoms with van der Waals surface area (Å²) in [6, 6.07) is 5.39. The molecule has 0 aliphatic rings. The average Bonchev–Trinajstić information content (AvgIpc) is 2.42. The van der Waals surface area contributed by atoms with Crippen molar-refractivity contribution in [3.63, 3.8) is 0 Å². The molecule has 0 aromatic heterocycles. The molecule has 0 aliphatic heterocycles. The van der Waals surface area contributed by atoms with Crippen LogP contribution in [0.3, 0.4) is 0 Å². The van der Waals surface area contributed by atoms with Crippen LogP contribution in [-0.4, -0.2) is 31.5 Å². The predicted molar refractivity (Wildman–Crippen MR) is 88.4 cm³/mol. The van der Waals surface area contributed by atoms with E-state index in [9.17, 15) is 9.18 Å². The van der Waals surface area contributed by atoms with Gasteiger partial charge >= 0.3 is 0 Å². The molecule has 0 heterocycles. The van der Waals surface area contributed by atoms with E-state index in [2.05, 4.69) is 29.5 Å². The second-order valence-electron chi connectivity index (χ2n) is 4.81. The highest BCUT2D eigenvalue weighted by atomic mass is 79.9. The van der Waals surface area contributed by atoms with E-state index in [0.29, 0.717) is 37.1 Å². The highest BCUT2D eigenvalue weighted by Gasteiger charge is 2.04. The summed E-state index contributed by atoms with van der Waals surface area (Å²) < 4.78 is 12.7. The third-order valence-electron chi connectivity index (χ3n) is 2.45. The van der Waals surface area contributed by atoms with Gasteiger partial charge in [-0.15, -0.1) is 17.0 Å². The molecule has 0 saturated carbocycles. The fourth-order valence-corrected chi connectivity index (χ4v) is 1.41. The van der Waals surface area contributed by atoms with E-state index in [4.69, 9.17) is 5.73 Å². The summed E-state index contributed by atoms with van der Waals surface area (Å²) in [6.45, 7) is 5.68. The maximum Gasteiger partial charge on any atom is 0.251 e. The third kappa shape index (κ3) is 8.29. The number of halogens is 2. The minimum absolute atomic E-state index is 0. The topological polar surface area (TPSA) is 79.5 Å². The minimum atomic E-state index is -0.364. The van der Waals surface area contributed by atoms with Crippen molar-refractivity contribution in [2.24, 2.45) is 16.6 Å². The molecular weight excluding hydrogens is 339 g/mol. The number of carbonyl (C=O) groups is 1. The standard InChI is InChI=1S/C14H21FN4O.BrH/c1-10(2)9-19-14(16)18-8-7-17-13(20)11-3-5-12(15)6-4-11;/h3-6,10H,7-9H2,1-2H3,(H,17,20)(H3,16,18,19);1H. The summed E-state index contributed by atoms with van der Waals surface area (Å²) in [5.41, 5.74) is 6.08. The number of rotatable bonds is 6. The van der Waals surface area contributed by atoms with Gasteiger partial charge in [-0.2, -0.15) is 0 Å². The van der Waals surface area contributed by atoms with Crippen LogP contribution in [0.4, 0.5) is 4.39 Å². The van der Waals surface area contributed by atoms with E-state index >= 15 is 0 Å². The summed E-state index contributed by atoms with van der Waals surface area (Å²) in [7, 11) is 0. The number of hydrogen-bond donors (Lipinski definition) is 3. The van der Waals surface area contributed by atoms with Gasteiger partial charge in [0.25, 0.3) is 5.91 Å². The van der Waals surface area contributed by atoms with Gasteiger partial charge in [0.15, 0.2) is 5.96 Å². The largest absolute Gasteiger partial charge is 0.370 e. The summed E-state index contributed by atoms with van der Waals surface area (Å²) in [4.78, 5) is 15.8. The molecule has 7 heteroatoms. The van der Waals surface area contributed by atoms with Crippen LogP contribution in [0, 0.1) is 11.7 Å². The lowest BCUT2D eigenvalue weighted by Gasteiger charge is -2.08. The number of nitrogens with two attached hydrogens (primary N) is 1. The predicted octanol–water partition coefficient (Wildman–Crippen LogP) is 1.69. The molecule has 0 atom stereocenters. The molecule has 0 aliphatic carbocycles. The van der Waals surface area contributed by atoms with Crippen LogP contribution in [0.5, 0.6) is 0 Å². The monoisotopic (exact) mass is 360 g/mol. The second-order valence-corrected chi connectivity index (χ2v) is 4.81. The number of nitrogens with one attached hydrogen (secondary N) is 2. The first-order valence-corrected chi connectivity index (χ1v) is 6.56. The fourth-order valence-electron chi connectivity index (χ4n) is 1.41. The molecule has 0 unspecified atom stereocenters. The summed E-state index contributed by atoms with van der Waals surface area (Å²) in [6.07, 6.45) is 0. The van der Waals surface area contributed by atoms with E-state index < -0.39 is 0 Å². The number of amides is 1. The summed E-state index contributed by atoms with van der Waals surface area (Å²) >= 11 is 0. The van der Waals surface area contributed by atoms with E-state index in [0.717, 1.165) is 0 Å². The molecule has 0 spiro atoms. The maximum absolute atomic E-state index is 12.7. The van der Waals surface area contributed by atoms with E-state index in [1.54, 1.807) is 0 Å². The van der Waals surface area contributed by atoms with Crippen LogP contribution in [0.25, 0.3) is 0 Å². The van der Waals surface area contributed by atoms with Crippen molar-refractivity contribution in [1.29, 1.82) is 0 Å². The lowest BCUT2D eigenvalue weighted by atomic mass is 10.2. The van der Waals surface area contributed by atoms with Crippen LogP contribution in [0.15, 0.2) is 29.3 Å². The first-order chi connectivity index (χ1) is 9.49. The molecule has 21 heavy (non-hydrogen) atoms. The molecule has 5 nitrogen and oxygen atoms in total. The third-order valence-corrected chi connectivity index (χ3v) is 2.45. The number of guanidine groups is 1. The highest BCUT2D eigenvalue weighted by molar-refractivity contribution is 8.93. The Bertz CT molecular complexity index is 463. The molecular formula is C14H22BrFN4O. The number of nitrogens with zero attached hydrogens (tertiary/aromatic N) is 1. The van der Waals surface area contributed by atoms with Crippen molar-refractivity contribution in [2.45, 2.75) is 13.8 Å². The Kier molecular flexibility index (Phi) is 9.36. The fraction of sp³-hybridized carbons (Fsp3) is 0.429. The highest BCUT2D eigenvalue weighted by Crippen LogP contribution is 2.01. The van der Waals surface area contributed by atoms with Crippen LogP contribution in [-0.2, 0) is 0 Å². The molecule has 118 valence electrons. The summed E-state index contributed by atoms with van der Waals surface area (Å²) in [5, 5.41) is 5.61. The van der Waals surface area contributed by atoms with Crippen LogP contribution < -0.4 is 16.4 Å². The van der Waals surface area contributed by atoms with Gasteiger partial charge < -0.3 is 16.4 Å². The minimum Gasteiger partial charge on any atom is -0.370 e. The molecule has 1 aromatic carbocycles. The molecule has 1 amide bonds. The first-order valence-electron chi connectivity index (χ1n) is 6.56. The Hall–Kier alpha value is -1.63. The number of hydrogen-bond acceptors (Lipinski definition) is 2. The van der Waals surface area contributed by atoms with Gasteiger partial charge in [-0.3, -0.25) is 9.79 Å². The molecule has 0 fully saturated rings. The van der Waals surface area contributed by atoms with Gasteiger partial charge in [0.05, 0.1) is 0 Å². The van der Waals surface area contributed by atoms with Crippen molar-refractivity contribution < 1.29 is 9.18 Å². The zero-order valence-corrected chi connectivity index (χ0v) is 13.9. The zero-order chi connectivity index (χ0) is 15.0. The SMILES string of the molecule is Br.CC(C)CN=C(N)NCCNC(=O)c1ccc(F)cc1. The van der Waals surface area contributed by atoms with E-state index in [-0.39, 0.29) is 28.7 Å². The lowest BCUT2D eigenvalue weighted by Crippen LogP contribution is -2.38. The Labute approximate surface area is 135 Å². The van der Waals surface area contributed by atoms with Gasteiger partial charge in [0, 0.05) is 25.2 Å². The molecule has 0 radical (unpaired) electrons. The van der Waals surface area contributed by atoms with Crippen molar-refractivity contribution in [3.05, 3.63) is 35.6 Å². The quantitative estimate of drug-likeness (QED) is 0.410. The number of benzene rings is 1. The average molecular weight is 361 g/mol. The van der Waals surface area contributed by atoms with Crippen molar-refractivity contribution in [1.82, 2.24) is 10.6 Å². The molecule has 0 bridgehead atoms. The van der Waals surface area contributed by atoms with E-state index in [1.165, 1.54) is 24.3 Å². The van der Waals surface area contributed by atoms with Crippen molar-refractivity contribution >= 4 is 28.8 Å². The van der Waals surface area contributed by atoms with Gasteiger partial charge in [-0.1, -0.05) is 13.8 Å². The van der Waals surface area contributed by atoms with Gasteiger partial charge in [-0.25, -0.2) is 4.39 Å². The van der Waals surface area contributed by atoms with Gasteiger partial charge in [0.2, 0.25) is 0 Å².